The monoisotopic (exact) mass is 117 g/mol. The summed E-state index contributed by atoms with van der Waals surface area (Å²) in [5, 5.41) is 1.11. The fourth-order valence-corrected chi connectivity index (χ4v) is 0.849. The molecule has 2 rings (SSSR count). The highest BCUT2D eigenvalue weighted by Crippen LogP contribution is 2.12. The van der Waals surface area contributed by atoms with Crippen molar-refractivity contribution in [3.8, 4) is 0 Å². The molecular weight excluding hydrogens is 112 g/mol. The molecule has 0 spiro atoms. The van der Waals surface area contributed by atoms with E-state index < -0.39 is 0 Å². The lowest BCUT2D eigenvalue weighted by Crippen LogP contribution is -1.57. The van der Waals surface area contributed by atoms with Gasteiger partial charge in [-0.15, -0.1) is 0 Å². The minimum atomic E-state index is 0.900. The third kappa shape index (κ3) is 0.617. The molecule has 0 aliphatic carbocycles. The summed E-state index contributed by atoms with van der Waals surface area (Å²) in [6.45, 7) is 0. The van der Waals surface area contributed by atoms with Gasteiger partial charge in [0.1, 0.15) is 5.58 Å². The quantitative estimate of drug-likeness (QED) is 0.515. The van der Waals surface area contributed by atoms with E-state index in [-0.39, 0.29) is 0 Å². The van der Waals surface area contributed by atoms with E-state index >= 15 is 0 Å². The highest BCUT2D eigenvalue weighted by atomic mass is 16.3. The van der Waals surface area contributed by atoms with Crippen LogP contribution >= 0.6 is 0 Å². The van der Waals surface area contributed by atoms with E-state index in [1.165, 1.54) is 0 Å². The molecule has 1 heteroatoms. The van der Waals surface area contributed by atoms with E-state index in [0.29, 0.717) is 0 Å². The van der Waals surface area contributed by atoms with Gasteiger partial charge in [0.15, 0.2) is 6.26 Å². The molecular formula is C8H5O. The molecule has 0 unspecified atom stereocenters. The summed E-state index contributed by atoms with van der Waals surface area (Å²) in [7, 11) is 0. The third-order valence-electron chi connectivity index (χ3n) is 1.30. The van der Waals surface area contributed by atoms with Crippen LogP contribution in [-0.2, 0) is 0 Å². The SMILES string of the molecule is [c]1cc2ccccc2o1. The molecule has 1 aromatic heterocycles. The minimum absolute atomic E-state index is 0.900. The summed E-state index contributed by atoms with van der Waals surface area (Å²) >= 11 is 0. The van der Waals surface area contributed by atoms with Crippen molar-refractivity contribution < 1.29 is 4.42 Å². The Balaban J connectivity index is 2.95. The molecule has 0 amide bonds. The predicted octanol–water partition coefficient (Wildman–Crippen LogP) is 2.23. The van der Waals surface area contributed by atoms with Gasteiger partial charge in [0.25, 0.3) is 0 Å². The van der Waals surface area contributed by atoms with Crippen molar-refractivity contribution in [2.24, 2.45) is 0 Å². The molecule has 0 aliphatic rings. The van der Waals surface area contributed by atoms with E-state index in [0.717, 1.165) is 11.0 Å². The highest BCUT2D eigenvalue weighted by Gasteiger charge is 1.90. The Kier molecular flexibility index (Phi) is 0.833. The van der Waals surface area contributed by atoms with Gasteiger partial charge in [0.2, 0.25) is 0 Å². The Morgan fingerprint density at radius 1 is 1.22 bits per heavy atom. The Morgan fingerprint density at radius 2 is 2.11 bits per heavy atom. The number of benzene rings is 1. The average Bonchev–Trinajstić information content (AvgIpc) is 2.33. The maximum absolute atomic E-state index is 4.99. The summed E-state index contributed by atoms with van der Waals surface area (Å²) in [6, 6.07) is 9.67. The summed E-state index contributed by atoms with van der Waals surface area (Å²) < 4.78 is 4.99. The number of para-hydroxylation sites is 1. The third-order valence-corrected chi connectivity index (χ3v) is 1.30. The van der Waals surface area contributed by atoms with Crippen LogP contribution in [0.5, 0.6) is 0 Å². The molecule has 0 bridgehead atoms. The molecule has 0 atom stereocenters. The molecule has 1 radical (unpaired) electrons. The topological polar surface area (TPSA) is 13.1 Å². The van der Waals surface area contributed by atoms with Gasteiger partial charge in [-0.25, -0.2) is 0 Å². The number of hydrogen-bond acceptors (Lipinski definition) is 1. The van der Waals surface area contributed by atoms with Crippen LogP contribution in [0.15, 0.2) is 34.7 Å². The molecule has 9 heavy (non-hydrogen) atoms. The first-order chi connectivity index (χ1) is 4.47. The molecule has 0 N–H and O–H groups in total. The number of rotatable bonds is 0. The van der Waals surface area contributed by atoms with Crippen LogP contribution in [-0.4, -0.2) is 0 Å². The van der Waals surface area contributed by atoms with E-state index in [1.54, 1.807) is 0 Å². The van der Waals surface area contributed by atoms with Crippen LogP contribution in [0, 0.1) is 6.26 Å². The molecule has 0 saturated carbocycles. The zero-order valence-corrected chi connectivity index (χ0v) is 4.79. The van der Waals surface area contributed by atoms with Crippen LogP contribution in [0.1, 0.15) is 0 Å². The van der Waals surface area contributed by atoms with Gasteiger partial charge in [0, 0.05) is 5.39 Å². The van der Waals surface area contributed by atoms with Gasteiger partial charge in [-0.05, 0) is 12.1 Å². The second-order valence-electron chi connectivity index (χ2n) is 1.90. The van der Waals surface area contributed by atoms with Crippen LogP contribution in [0.4, 0.5) is 0 Å². The lowest BCUT2D eigenvalue weighted by Gasteiger charge is -1.81. The van der Waals surface area contributed by atoms with E-state index in [1.807, 2.05) is 30.3 Å². The predicted molar refractivity (Wildman–Crippen MR) is 35.1 cm³/mol. The average molecular weight is 117 g/mol. The van der Waals surface area contributed by atoms with Gasteiger partial charge in [-0.3, -0.25) is 0 Å². The second-order valence-corrected chi connectivity index (χ2v) is 1.90. The van der Waals surface area contributed by atoms with Crippen molar-refractivity contribution in [2.75, 3.05) is 0 Å². The van der Waals surface area contributed by atoms with Gasteiger partial charge >= 0.3 is 0 Å². The van der Waals surface area contributed by atoms with Crippen LogP contribution < -0.4 is 0 Å². The summed E-state index contributed by atoms with van der Waals surface area (Å²) in [6.07, 6.45) is 2.66. The van der Waals surface area contributed by atoms with E-state index in [2.05, 4.69) is 6.26 Å². The van der Waals surface area contributed by atoms with Crippen LogP contribution in [0.2, 0.25) is 0 Å². The molecule has 0 aliphatic heterocycles. The number of fused-ring (bicyclic) bond motifs is 1. The van der Waals surface area contributed by atoms with Crippen molar-refractivity contribution in [1.82, 2.24) is 0 Å². The summed E-state index contributed by atoms with van der Waals surface area (Å²) in [4.78, 5) is 0. The Bertz CT molecular complexity index is 279. The van der Waals surface area contributed by atoms with E-state index in [4.69, 9.17) is 4.42 Å². The van der Waals surface area contributed by atoms with Gasteiger partial charge in [0.05, 0.1) is 0 Å². The summed E-state index contributed by atoms with van der Waals surface area (Å²) in [5.41, 5.74) is 0.900. The first-order valence-corrected chi connectivity index (χ1v) is 2.81. The largest absolute Gasteiger partial charge is 0.453 e. The first-order valence-electron chi connectivity index (χ1n) is 2.81. The normalized spacial score (nSPS) is 10.2. The zero-order chi connectivity index (χ0) is 6.10. The standard InChI is InChI=1S/C8H5O/c1-2-4-8-7(3-1)5-6-9-8/h1-5H. The van der Waals surface area contributed by atoms with Crippen LogP contribution in [0.3, 0.4) is 0 Å². The highest BCUT2D eigenvalue weighted by molar-refractivity contribution is 5.76. The lowest BCUT2D eigenvalue weighted by molar-refractivity contribution is 0.606. The van der Waals surface area contributed by atoms with Crippen molar-refractivity contribution in [1.29, 1.82) is 0 Å². The summed E-state index contributed by atoms with van der Waals surface area (Å²) in [5.74, 6) is 0. The number of furan rings is 1. The molecule has 2 aromatic rings. The fourth-order valence-electron chi connectivity index (χ4n) is 0.849. The zero-order valence-electron chi connectivity index (χ0n) is 4.79. The smallest absolute Gasteiger partial charge is 0.170 e. The molecule has 1 aromatic carbocycles. The molecule has 43 valence electrons. The fraction of sp³-hybridized carbons (Fsp3) is 0. The van der Waals surface area contributed by atoms with Crippen LogP contribution in [0.25, 0.3) is 11.0 Å². The Labute approximate surface area is 52.9 Å². The van der Waals surface area contributed by atoms with Gasteiger partial charge < -0.3 is 4.42 Å². The maximum atomic E-state index is 4.99. The molecule has 1 heterocycles. The lowest BCUT2D eigenvalue weighted by atomic mass is 10.3. The van der Waals surface area contributed by atoms with E-state index in [9.17, 15) is 0 Å². The molecule has 1 nitrogen and oxygen atoms in total. The second kappa shape index (κ2) is 1.62. The minimum Gasteiger partial charge on any atom is -0.453 e. The van der Waals surface area contributed by atoms with Crippen molar-refractivity contribution >= 4 is 11.0 Å². The Hall–Kier alpha value is -1.24. The maximum Gasteiger partial charge on any atom is 0.170 e. The molecule has 0 fully saturated rings. The molecule has 0 saturated heterocycles. The van der Waals surface area contributed by atoms with Crippen molar-refractivity contribution in [3.63, 3.8) is 0 Å². The number of hydrogen-bond donors (Lipinski definition) is 0. The van der Waals surface area contributed by atoms with Gasteiger partial charge in [-0.1, -0.05) is 18.2 Å². The first kappa shape index (κ1) is 4.62. The van der Waals surface area contributed by atoms with Crippen molar-refractivity contribution in [3.05, 3.63) is 36.6 Å². The Morgan fingerprint density at radius 3 is 3.00 bits per heavy atom. The van der Waals surface area contributed by atoms with Gasteiger partial charge in [-0.2, -0.15) is 0 Å². The van der Waals surface area contributed by atoms with Crippen molar-refractivity contribution in [2.45, 2.75) is 0 Å².